The molecular weight excluding hydrogens is 472 g/mol. The van der Waals surface area contributed by atoms with Gasteiger partial charge < -0.3 is 15.1 Å². The van der Waals surface area contributed by atoms with Crippen LogP contribution in [-0.2, 0) is 25.8 Å². The van der Waals surface area contributed by atoms with Crippen LogP contribution in [0.1, 0.15) is 36.6 Å². The number of hydrogen-bond donors (Lipinski definition) is 0. The molecule has 1 aromatic carbocycles. The monoisotopic (exact) mass is 491 g/mol. The maximum atomic E-state index is 13.5. The second kappa shape index (κ2) is 8.55. The molecule has 30 heavy (non-hydrogen) atoms. The molecule has 0 unspecified atom stereocenters. The summed E-state index contributed by atoms with van der Waals surface area (Å²) in [4.78, 5) is 13.9. The average molecular weight is 492 g/mol. The quantitative estimate of drug-likeness (QED) is 0.312. The van der Waals surface area contributed by atoms with E-state index in [1.54, 1.807) is 6.92 Å². The van der Waals surface area contributed by atoms with Crippen LogP contribution in [0.2, 0.25) is 0 Å². The van der Waals surface area contributed by atoms with Gasteiger partial charge in [-0.1, -0.05) is 25.1 Å². The van der Waals surface area contributed by atoms with Gasteiger partial charge in [0.1, 0.15) is 0 Å². The zero-order chi connectivity index (χ0) is 20.6. The number of halogens is 1. The minimum atomic E-state index is -0.463. The third-order valence-corrected chi connectivity index (χ3v) is 4.92. The number of benzene rings is 1. The van der Waals surface area contributed by atoms with Gasteiger partial charge in [0, 0.05) is 22.8 Å². The van der Waals surface area contributed by atoms with E-state index in [0.717, 1.165) is 28.2 Å². The van der Waals surface area contributed by atoms with E-state index in [1.165, 1.54) is 12.1 Å². The molecule has 4 rings (SSSR count). The fraction of sp³-hybridized carbons (Fsp3) is 0.217. The van der Waals surface area contributed by atoms with Gasteiger partial charge in [-0.15, -0.1) is 29.3 Å². The molecule has 4 aromatic rings. The van der Waals surface area contributed by atoms with Crippen LogP contribution in [0, 0.1) is 25.7 Å². The van der Waals surface area contributed by atoms with Gasteiger partial charge in [-0.2, -0.15) is 0 Å². The first kappa shape index (κ1) is 21.9. The number of hydrogen-bond acceptors (Lipinski definition) is 4. The van der Waals surface area contributed by atoms with Gasteiger partial charge in [-0.05, 0) is 50.5 Å². The Kier molecular flexibility index (Phi) is 6.25. The van der Waals surface area contributed by atoms with E-state index in [9.17, 15) is 4.39 Å². The molecule has 0 fully saturated rings. The molecule has 0 saturated heterocycles. The average Bonchev–Trinajstić information content (AvgIpc) is 3.14. The van der Waals surface area contributed by atoms with Crippen molar-refractivity contribution in [3.05, 3.63) is 83.2 Å². The van der Waals surface area contributed by atoms with Crippen LogP contribution in [0.5, 0.6) is 0 Å². The smallest absolute Gasteiger partial charge is 0.421 e. The first-order valence-corrected chi connectivity index (χ1v) is 9.32. The topological polar surface area (TPSA) is 65.7 Å². The Balaban J connectivity index is 0.00000256. The third-order valence-electron chi connectivity index (χ3n) is 4.92. The summed E-state index contributed by atoms with van der Waals surface area (Å²) in [6.07, 6.45) is 0. The molecule has 0 spiro atoms. The normalized spacial score (nSPS) is 11.2. The Bertz CT molecular complexity index is 1190. The maximum Gasteiger partial charge on any atom is 2.00 e. The molecule has 5 nitrogen and oxygen atoms in total. The first-order valence-electron chi connectivity index (χ1n) is 9.32. The minimum Gasteiger partial charge on any atom is -0.421 e. The van der Waals surface area contributed by atoms with E-state index in [0.29, 0.717) is 17.3 Å². The van der Waals surface area contributed by atoms with Gasteiger partial charge >= 0.3 is 20.4 Å². The molecule has 3 aromatic heterocycles. The van der Waals surface area contributed by atoms with Crippen molar-refractivity contribution in [2.75, 3.05) is 0 Å². The molecule has 0 N–H and O–H groups in total. The predicted molar refractivity (Wildman–Crippen MR) is 109 cm³/mol. The summed E-state index contributed by atoms with van der Waals surface area (Å²) in [5.41, 5.74) is 4.26. The molecule has 0 radical (unpaired) electrons. The van der Waals surface area contributed by atoms with Crippen molar-refractivity contribution in [3.63, 3.8) is 0 Å². The van der Waals surface area contributed by atoms with Crippen LogP contribution < -0.4 is 5.10 Å². The third kappa shape index (κ3) is 4.23. The molecule has 0 bridgehead atoms. The summed E-state index contributed by atoms with van der Waals surface area (Å²) in [5, 5.41) is 8.04. The van der Waals surface area contributed by atoms with Crippen molar-refractivity contribution in [1.82, 2.24) is 25.1 Å². The van der Waals surface area contributed by atoms with Crippen LogP contribution in [0.25, 0.3) is 22.8 Å². The number of aromatic nitrogens is 5. The second-order valence-electron chi connectivity index (χ2n) is 7.50. The van der Waals surface area contributed by atoms with Gasteiger partial charge in [-0.3, -0.25) is 14.5 Å². The van der Waals surface area contributed by atoms with E-state index in [4.69, 9.17) is 9.97 Å². The van der Waals surface area contributed by atoms with Crippen molar-refractivity contribution in [2.45, 2.75) is 33.1 Å². The Morgan fingerprint density at radius 1 is 0.933 bits per heavy atom. The Morgan fingerprint density at radius 2 is 1.57 bits per heavy atom. The molecular formula is C23H20FN5Pd. The summed E-state index contributed by atoms with van der Waals surface area (Å²) in [5.74, 6) is 0.827. The number of nitrogens with zero attached hydrogens (tertiary/aromatic N) is 5. The van der Waals surface area contributed by atoms with Gasteiger partial charge in [-0.25, -0.2) is 0 Å². The van der Waals surface area contributed by atoms with E-state index in [1.807, 2.05) is 43.3 Å². The summed E-state index contributed by atoms with van der Waals surface area (Å²) < 4.78 is 13.5. The fourth-order valence-electron chi connectivity index (χ4n) is 3.24. The Morgan fingerprint density at radius 3 is 2.17 bits per heavy atom. The maximum absolute atomic E-state index is 13.5. The summed E-state index contributed by atoms with van der Waals surface area (Å²) in [6.45, 7) is 7.80. The van der Waals surface area contributed by atoms with Crippen molar-refractivity contribution in [3.8, 4) is 22.8 Å². The van der Waals surface area contributed by atoms with Gasteiger partial charge in [0.15, 0.2) is 0 Å². The van der Waals surface area contributed by atoms with E-state index in [-0.39, 0.29) is 26.2 Å². The minimum absolute atomic E-state index is 0. The van der Waals surface area contributed by atoms with Crippen LogP contribution in [-0.4, -0.2) is 20.1 Å². The molecule has 0 aliphatic rings. The summed E-state index contributed by atoms with van der Waals surface area (Å²) in [6, 6.07) is 17.4. The second-order valence-corrected chi connectivity index (χ2v) is 7.50. The van der Waals surface area contributed by atoms with Crippen molar-refractivity contribution < 1.29 is 24.8 Å². The molecule has 0 amide bonds. The largest absolute Gasteiger partial charge is 2.00 e. The van der Waals surface area contributed by atoms with E-state index in [2.05, 4.69) is 35.1 Å². The number of pyridine rings is 2. The molecule has 0 atom stereocenters. The molecule has 3 heterocycles. The molecule has 0 aliphatic heterocycles. The zero-order valence-electron chi connectivity index (χ0n) is 17.0. The summed E-state index contributed by atoms with van der Waals surface area (Å²) in [7, 11) is 0. The van der Waals surface area contributed by atoms with E-state index < -0.39 is 5.41 Å². The van der Waals surface area contributed by atoms with Crippen LogP contribution in [0.4, 0.5) is 4.39 Å². The van der Waals surface area contributed by atoms with Gasteiger partial charge in [0.05, 0.1) is 11.4 Å². The standard InChI is InChI=1S/C23H20FN5.Pd/c1-14-13-16(24)11-12-17(14)18-7-5-9-20(26-18)23(3,4)21-10-6-8-19(27-21)22-25-15(2)28-29-22;/h5-11,13H,1-4H3;/q-2;+2. The Hall–Kier alpha value is -2.75. The number of rotatable bonds is 4. The van der Waals surface area contributed by atoms with Crippen molar-refractivity contribution in [2.24, 2.45) is 0 Å². The van der Waals surface area contributed by atoms with Gasteiger partial charge in [0.25, 0.3) is 0 Å². The number of aryl methyl sites for hydroxylation is 2. The van der Waals surface area contributed by atoms with Gasteiger partial charge in [0.2, 0.25) is 0 Å². The van der Waals surface area contributed by atoms with Crippen LogP contribution in [0.15, 0.2) is 48.5 Å². The van der Waals surface area contributed by atoms with E-state index >= 15 is 0 Å². The Labute approximate surface area is 188 Å². The van der Waals surface area contributed by atoms with Crippen LogP contribution in [0.3, 0.4) is 0 Å². The van der Waals surface area contributed by atoms with Crippen molar-refractivity contribution in [1.29, 1.82) is 0 Å². The van der Waals surface area contributed by atoms with Crippen LogP contribution >= 0.6 is 0 Å². The predicted octanol–water partition coefficient (Wildman–Crippen LogP) is 4.44. The summed E-state index contributed by atoms with van der Waals surface area (Å²) >= 11 is 0. The molecule has 154 valence electrons. The molecule has 0 saturated carbocycles. The first-order chi connectivity index (χ1) is 13.8. The SMILES string of the molecule is Cc1n[n-]c(-c2cccc(C(C)(C)c3cccc(-c4[c-]cc(F)cc4C)n3)n2)n1.[Pd+2]. The van der Waals surface area contributed by atoms with Crippen molar-refractivity contribution >= 4 is 0 Å². The molecule has 0 aliphatic carbocycles. The fourth-order valence-corrected chi connectivity index (χ4v) is 3.24. The zero-order valence-corrected chi connectivity index (χ0v) is 18.6. The molecule has 7 heteroatoms.